The smallest absolute Gasteiger partial charge is 0.344 e. The van der Waals surface area contributed by atoms with Crippen LogP contribution in [0.25, 0.3) is 0 Å². The van der Waals surface area contributed by atoms with E-state index >= 15 is 0 Å². The van der Waals surface area contributed by atoms with Gasteiger partial charge in [0, 0.05) is 24.0 Å². The molecule has 0 fully saturated rings. The number of esters is 4. The molecule has 0 aliphatic rings. The van der Waals surface area contributed by atoms with Crippen LogP contribution in [0.3, 0.4) is 0 Å². The minimum absolute atomic E-state index is 0.247. The lowest BCUT2D eigenvalue weighted by molar-refractivity contribution is -0.138. The van der Waals surface area contributed by atoms with Crippen molar-refractivity contribution in [2.75, 3.05) is 13.2 Å². The molecule has 3 aromatic rings. The number of rotatable bonds is 13. The largest absolute Gasteiger partial charge is 0.494 e. The maximum Gasteiger partial charge on any atom is 0.344 e. The first kappa shape index (κ1) is 32.3. The summed E-state index contributed by atoms with van der Waals surface area (Å²) in [6.07, 6.45) is 7.82. The van der Waals surface area contributed by atoms with Crippen LogP contribution >= 0.6 is 0 Å². The molecule has 10 nitrogen and oxygen atoms in total. The average Bonchev–Trinajstić information content (AvgIpc) is 3.05. The Bertz CT molecular complexity index is 1600. The normalized spacial score (nSPS) is 9.45. The summed E-state index contributed by atoms with van der Waals surface area (Å²) in [6, 6.07) is 18.5. The lowest BCUT2D eigenvalue weighted by atomic mass is 10.2. The minimum atomic E-state index is -0.691. The fourth-order valence-electron chi connectivity index (χ4n) is 3.13. The van der Waals surface area contributed by atoms with Gasteiger partial charge in [-0.15, -0.1) is 0 Å². The molecule has 0 aliphatic carbocycles. The van der Waals surface area contributed by atoms with Crippen molar-refractivity contribution in [1.29, 1.82) is 0 Å². The summed E-state index contributed by atoms with van der Waals surface area (Å²) in [5.41, 5.74) is 0.586. The molecule has 0 atom stereocenters. The molecule has 0 saturated carbocycles. The Morgan fingerprint density at radius 2 is 1.07 bits per heavy atom. The molecule has 0 aromatic heterocycles. The van der Waals surface area contributed by atoms with Gasteiger partial charge in [0.25, 0.3) is 0 Å². The molecule has 44 heavy (non-hydrogen) atoms. The molecule has 0 bridgehead atoms. The first-order valence-electron chi connectivity index (χ1n) is 13.0. The third kappa shape index (κ3) is 11.3. The van der Waals surface area contributed by atoms with Gasteiger partial charge in [-0.2, -0.15) is 0 Å². The van der Waals surface area contributed by atoms with E-state index in [4.69, 9.17) is 23.7 Å². The van der Waals surface area contributed by atoms with Gasteiger partial charge in [0.15, 0.2) is 0 Å². The number of hydrogen-bond acceptors (Lipinski definition) is 10. The van der Waals surface area contributed by atoms with E-state index in [0.29, 0.717) is 43.1 Å². The van der Waals surface area contributed by atoms with Crippen molar-refractivity contribution in [3.05, 3.63) is 109 Å². The van der Waals surface area contributed by atoms with Gasteiger partial charge in [-0.1, -0.05) is 13.2 Å². The number of ether oxygens (including phenoxy) is 6. The maximum absolute atomic E-state index is 12.5. The van der Waals surface area contributed by atoms with Crippen molar-refractivity contribution in [1.82, 2.24) is 0 Å². The van der Waals surface area contributed by atoms with Crippen molar-refractivity contribution in [2.45, 2.75) is 12.8 Å². The zero-order chi connectivity index (χ0) is 31.6. The van der Waals surface area contributed by atoms with Gasteiger partial charge in [0.2, 0.25) is 0 Å². The molecule has 0 N–H and O–H groups in total. The van der Waals surface area contributed by atoms with Crippen LogP contribution in [0.5, 0.6) is 23.0 Å². The van der Waals surface area contributed by atoms with Crippen LogP contribution in [0, 0.1) is 24.1 Å². The van der Waals surface area contributed by atoms with E-state index in [1.165, 1.54) is 48.5 Å². The fraction of sp³-hybridized carbons (Fsp3) is 0.118. The van der Waals surface area contributed by atoms with Gasteiger partial charge in [-0.05, 0) is 85.6 Å². The van der Waals surface area contributed by atoms with Gasteiger partial charge in [0.05, 0.1) is 24.3 Å². The Hall–Kier alpha value is -6.26. The molecule has 3 aromatic carbocycles. The molecule has 0 unspecified atom stereocenters. The van der Waals surface area contributed by atoms with Crippen LogP contribution < -0.4 is 18.9 Å². The highest BCUT2D eigenvalue weighted by Crippen LogP contribution is 2.21. The summed E-state index contributed by atoms with van der Waals surface area (Å²) in [4.78, 5) is 46.8. The highest BCUT2D eigenvalue weighted by atomic mass is 16.5. The van der Waals surface area contributed by atoms with Crippen molar-refractivity contribution in [2.24, 2.45) is 0 Å². The number of carbonyl (C=O) groups excluding carboxylic acids is 4. The van der Waals surface area contributed by atoms with Gasteiger partial charge in [-0.25, -0.2) is 19.2 Å². The molecule has 0 radical (unpaired) electrons. The van der Waals surface area contributed by atoms with Gasteiger partial charge in [-0.3, -0.25) is 0 Å². The predicted octanol–water partition coefficient (Wildman–Crippen LogP) is 5.04. The molecule has 10 heteroatoms. The van der Waals surface area contributed by atoms with E-state index in [2.05, 4.69) is 41.9 Å². The van der Waals surface area contributed by atoms with Crippen molar-refractivity contribution in [3.63, 3.8) is 0 Å². The second-order valence-electron chi connectivity index (χ2n) is 8.41. The van der Waals surface area contributed by atoms with E-state index in [-0.39, 0.29) is 17.1 Å². The molecule has 0 aliphatic heterocycles. The highest BCUT2D eigenvalue weighted by molar-refractivity contribution is 5.92. The summed E-state index contributed by atoms with van der Waals surface area (Å²) in [6.45, 7) is 7.29. The topological polar surface area (TPSA) is 124 Å². The van der Waals surface area contributed by atoms with Crippen LogP contribution in [-0.2, 0) is 19.1 Å². The number of hydrogen-bond donors (Lipinski definition) is 0. The Balaban J connectivity index is 1.42. The van der Waals surface area contributed by atoms with Crippen LogP contribution in [0.15, 0.2) is 98.1 Å². The zero-order valence-electron chi connectivity index (χ0n) is 23.4. The summed E-state index contributed by atoms with van der Waals surface area (Å²) in [7, 11) is 0. The van der Waals surface area contributed by atoms with Crippen LogP contribution in [0.2, 0.25) is 0 Å². The number of unbranched alkanes of at least 4 members (excludes halogenated alkanes) is 1. The molecule has 0 amide bonds. The van der Waals surface area contributed by atoms with E-state index in [1.54, 1.807) is 24.3 Å². The molecule has 3 rings (SSSR count). The van der Waals surface area contributed by atoms with Crippen molar-refractivity contribution < 1.29 is 47.6 Å². The highest BCUT2D eigenvalue weighted by Gasteiger charge is 2.12. The number of carbonyl (C=O) groups is 4. The molecule has 0 saturated heterocycles. The molecular formula is C34H26O10. The molecule has 0 heterocycles. The SMILES string of the molecule is C=CC(=O)OC#CC#COc1ccc(C(=O)Oc2ccc(OC(=O)c3ccc(OCCCCOC(=O)C=C)cc3)cc2)cc1. The van der Waals surface area contributed by atoms with Crippen LogP contribution in [0.1, 0.15) is 33.6 Å². The molecular weight excluding hydrogens is 568 g/mol. The Kier molecular flexibility index (Phi) is 12.9. The predicted molar refractivity (Wildman–Crippen MR) is 158 cm³/mol. The van der Waals surface area contributed by atoms with E-state index < -0.39 is 23.9 Å². The first-order chi connectivity index (χ1) is 21.4. The summed E-state index contributed by atoms with van der Waals surface area (Å²) >= 11 is 0. The van der Waals surface area contributed by atoms with Crippen molar-refractivity contribution in [3.8, 4) is 47.1 Å². The first-order valence-corrected chi connectivity index (χ1v) is 13.0. The zero-order valence-corrected chi connectivity index (χ0v) is 23.4. The van der Waals surface area contributed by atoms with Crippen molar-refractivity contribution >= 4 is 23.9 Å². The summed E-state index contributed by atoms with van der Waals surface area (Å²) in [5, 5.41) is 0. The average molecular weight is 595 g/mol. The quantitative estimate of drug-likeness (QED) is 0.0874. The molecule has 222 valence electrons. The third-order valence-electron chi connectivity index (χ3n) is 5.29. The van der Waals surface area contributed by atoms with Crippen LogP contribution in [-0.4, -0.2) is 37.1 Å². The lowest BCUT2D eigenvalue weighted by Crippen LogP contribution is -2.09. The summed E-state index contributed by atoms with van der Waals surface area (Å²) < 4.78 is 30.9. The fourth-order valence-corrected chi connectivity index (χ4v) is 3.13. The van der Waals surface area contributed by atoms with Gasteiger partial charge in [0.1, 0.15) is 35.2 Å². The van der Waals surface area contributed by atoms with E-state index in [9.17, 15) is 19.2 Å². The standard InChI is InChI=1S/C34H26O10/c1-3-31(35)41-23-7-5-21-39-27-13-9-25(10-14-27)33(37)43-29-17-19-30(20-18-29)44-34(38)26-11-15-28(16-12-26)40-22-6-8-24-42-32(36)4-2/h3-4,9-20H,1-2,5,7,21,23H2. The Labute approximate surface area is 253 Å². The second kappa shape index (κ2) is 17.5. The lowest BCUT2D eigenvalue weighted by Gasteiger charge is -2.09. The number of benzene rings is 3. The van der Waals surface area contributed by atoms with E-state index in [1.807, 2.05) is 0 Å². The van der Waals surface area contributed by atoms with E-state index in [0.717, 1.165) is 12.2 Å². The molecule has 0 spiro atoms. The summed E-state index contributed by atoms with van der Waals surface area (Å²) in [5.74, 6) is 3.74. The second-order valence-corrected chi connectivity index (χ2v) is 8.41. The maximum atomic E-state index is 12.5. The minimum Gasteiger partial charge on any atom is -0.494 e. The van der Waals surface area contributed by atoms with Gasteiger partial charge < -0.3 is 28.4 Å². The third-order valence-corrected chi connectivity index (χ3v) is 5.29. The Morgan fingerprint density at radius 1 is 0.591 bits per heavy atom. The van der Waals surface area contributed by atoms with Gasteiger partial charge >= 0.3 is 23.9 Å². The Morgan fingerprint density at radius 3 is 1.61 bits per heavy atom. The van der Waals surface area contributed by atoms with Crippen LogP contribution in [0.4, 0.5) is 0 Å². The monoisotopic (exact) mass is 594 g/mol.